The molecule has 1 aromatic heterocycles. The van der Waals surface area contributed by atoms with Crippen LogP contribution in [0.4, 0.5) is 0 Å². The molecule has 0 aliphatic carbocycles. The van der Waals surface area contributed by atoms with Crippen LogP contribution in [-0.4, -0.2) is 46.4 Å². The van der Waals surface area contributed by atoms with E-state index < -0.39 is 23.7 Å². The highest BCUT2D eigenvalue weighted by Gasteiger charge is 2.46. The van der Waals surface area contributed by atoms with Crippen molar-refractivity contribution in [2.24, 2.45) is 0 Å². The summed E-state index contributed by atoms with van der Waals surface area (Å²) in [6.07, 6.45) is 1.56. The molecule has 1 N–H and O–H groups in total. The maximum Gasteiger partial charge on any atom is 0.338 e. The first-order valence-corrected chi connectivity index (χ1v) is 11.0. The van der Waals surface area contributed by atoms with Gasteiger partial charge < -0.3 is 19.5 Å². The highest BCUT2D eigenvalue weighted by molar-refractivity contribution is 6.46. The largest absolute Gasteiger partial charge is 0.507 e. The van der Waals surface area contributed by atoms with Gasteiger partial charge in [0.05, 0.1) is 30.5 Å². The Balaban J connectivity index is 1.75. The van der Waals surface area contributed by atoms with Crippen molar-refractivity contribution in [3.8, 4) is 5.75 Å². The molecule has 2 aromatic carbocycles. The number of pyridine rings is 1. The van der Waals surface area contributed by atoms with Crippen molar-refractivity contribution in [3.05, 3.63) is 101 Å². The maximum absolute atomic E-state index is 13.1. The lowest BCUT2D eigenvalue weighted by Gasteiger charge is -2.24. The molecule has 4 rings (SSSR count). The molecule has 1 aliphatic rings. The highest BCUT2D eigenvalue weighted by Crippen LogP contribution is 2.39. The van der Waals surface area contributed by atoms with Crippen LogP contribution in [0.2, 0.25) is 0 Å². The summed E-state index contributed by atoms with van der Waals surface area (Å²) in [4.78, 5) is 44.0. The molecule has 1 aliphatic heterocycles. The van der Waals surface area contributed by atoms with Gasteiger partial charge in [-0.1, -0.05) is 30.3 Å². The summed E-state index contributed by atoms with van der Waals surface area (Å²) < 4.78 is 10.2. The first-order valence-electron chi connectivity index (χ1n) is 11.0. The topological polar surface area (TPSA) is 106 Å². The minimum absolute atomic E-state index is 0.0508. The van der Waals surface area contributed by atoms with Gasteiger partial charge in [-0.15, -0.1) is 0 Å². The molecule has 0 spiro atoms. The van der Waals surface area contributed by atoms with E-state index in [1.54, 1.807) is 79.9 Å². The first kappa shape index (κ1) is 23.7. The molecule has 0 saturated carbocycles. The van der Waals surface area contributed by atoms with Gasteiger partial charge in [-0.2, -0.15) is 0 Å². The van der Waals surface area contributed by atoms with E-state index in [1.807, 2.05) is 0 Å². The molecule has 1 saturated heterocycles. The molecule has 0 radical (unpaired) electrons. The number of benzene rings is 2. The van der Waals surface area contributed by atoms with Crippen molar-refractivity contribution >= 4 is 23.4 Å². The SMILES string of the molecule is CCOC(=O)c1ccc(CN2C(=O)C(=O)/C(=C(/O)c3cccc(OC)c3)C2c2ccccn2)cc1. The van der Waals surface area contributed by atoms with Crippen LogP contribution < -0.4 is 4.74 Å². The van der Waals surface area contributed by atoms with E-state index in [9.17, 15) is 19.5 Å². The summed E-state index contributed by atoms with van der Waals surface area (Å²) in [7, 11) is 1.50. The standard InChI is InChI=1S/C27H24N2O6/c1-3-35-27(33)18-12-10-17(11-13-18)16-29-23(21-9-4-5-14-28-21)22(25(31)26(29)32)24(30)19-7-6-8-20(15-19)34-2/h4-15,23,30H,3,16H2,1-2H3/b24-22+. The van der Waals surface area contributed by atoms with Crippen LogP contribution in [0.5, 0.6) is 5.75 Å². The average molecular weight is 472 g/mol. The van der Waals surface area contributed by atoms with E-state index in [2.05, 4.69) is 4.98 Å². The van der Waals surface area contributed by atoms with E-state index in [4.69, 9.17) is 9.47 Å². The maximum atomic E-state index is 13.1. The number of rotatable bonds is 7. The van der Waals surface area contributed by atoms with Gasteiger partial charge in [-0.25, -0.2) is 4.79 Å². The number of hydrogen-bond acceptors (Lipinski definition) is 7. The van der Waals surface area contributed by atoms with E-state index >= 15 is 0 Å². The highest BCUT2D eigenvalue weighted by atomic mass is 16.5. The molecular weight excluding hydrogens is 448 g/mol. The van der Waals surface area contributed by atoms with Crippen LogP contribution >= 0.6 is 0 Å². The van der Waals surface area contributed by atoms with Gasteiger partial charge in [-0.3, -0.25) is 14.6 Å². The molecule has 1 atom stereocenters. The number of aliphatic hydroxyl groups is 1. The molecule has 2 heterocycles. The zero-order chi connectivity index (χ0) is 24.9. The zero-order valence-electron chi connectivity index (χ0n) is 19.3. The molecule has 178 valence electrons. The number of aliphatic hydroxyl groups excluding tert-OH is 1. The van der Waals surface area contributed by atoms with Crippen molar-refractivity contribution in [3.63, 3.8) is 0 Å². The monoisotopic (exact) mass is 472 g/mol. The Morgan fingerprint density at radius 3 is 2.46 bits per heavy atom. The predicted octanol–water partition coefficient (Wildman–Crippen LogP) is 3.89. The number of Topliss-reactive ketones (excluding diaryl/α,β-unsaturated/α-hetero) is 1. The number of ether oxygens (including phenoxy) is 2. The number of aromatic nitrogens is 1. The number of carbonyl (C=O) groups is 3. The molecule has 1 amide bonds. The third-order valence-electron chi connectivity index (χ3n) is 5.67. The number of ketones is 1. The lowest BCUT2D eigenvalue weighted by Crippen LogP contribution is -2.29. The predicted molar refractivity (Wildman–Crippen MR) is 127 cm³/mol. The molecule has 1 unspecified atom stereocenters. The second-order valence-electron chi connectivity index (χ2n) is 7.83. The Bertz CT molecular complexity index is 1280. The quantitative estimate of drug-likeness (QED) is 0.241. The van der Waals surface area contributed by atoms with Crippen LogP contribution in [0, 0.1) is 0 Å². The van der Waals surface area contributed by atoms with E-state index in [0.29, 0.717) is 28.1 Å². The summed E-state index contributed by atoms with van der Waals surface area (Å²) in [5, 5.41) is 11.1. The van der Waals surface area contributed by atoms with E-state index in [1.165, 1.54) is 12.0 Å². The van der Waals surface area contributed by atoms with Crippen molar-refractivity contribution in [1.29, 1.82) is 0 Å². The zero-order valence-corrected chi connectivity index (χ0v) is 19.3. The second kappa shape index (κ2) is 10.2. The van der Waals surface area contributed by atoms with Crippen LogP contribution in [-0.2, 0) is 20.9 Å². The van der Waals surface area contributed by atoms with Crippen molar-refractivity contribution < 1.29 is 29.0 Å². The number of carbonyl (C=O) groups excluding carboxylic acids is 3. The summed E-state index contributed by atoms with van der Waals surface area (Å²) in [5.41, 5.74) is 1.82. The van der Waals surface area contributed by atoms with Gasteiger partial charge in [0, 0.05) is 18.3 Å². The second-order valence-corrected chi connectivity index (χ2v) is 7.83. The molecule has 8 nitrogen and oxygen atoms in total. The fourth-order valence-corrected chi connectivity index (χ4v) is 3.97. The van der Waals surface area contributed by atoms with Gasteiger partial charge in [0.1, 0.15) is 17.6 Å². The lowest BCUT2D eigenvalue weighted by atomic mass is 9.98. The third kappa shape index (κ3) is 4.77. The van der Waals surface area contributed by atoms with E-state index in [0.717, 1.165) is 0 Å². The third-order valence-corrected chi connectivity index (χ3v) is 5.67. The summed E-state index contributed by atoms with van der Waals surface area (Å²) >= 11 is 0. The van der Waals surface area contributed by atoms with Crippen molar-refractivity contribution in [2.45, 2.75) is 19.5 Å². The Morgan fingerprint density at radius 2 is 1.80 bits per heavy atom. The molecule has 3 aromatic rings. The normalized spacial score (nSPS) is 16.9. The van der Waals surface area contributed by atoms with Crippen molar-refractivity contribution in [2.75, 3.05) is 13.7 Å². The number of hydrogen-bond donors (Lipinski definition) is 1. The van der Waals surface area contributed by atoms with Crippen LogP contribution in [0.25, 0.3) is 5.76 Å². The fraction of sp³-hybridized carbons (Fsp3) is 0.185. The number of nitrogens with zero attached hydrogens (tertiary/aromatic N) is 2. The molecule has 0 bridgehead atoms. The van der Waals surface area contributed by atoms with Crippen LogP contribution in [0.3, 0.4) is 0 Å². The summed E-state index contributed by atoms with van der Waals surface area (Å²) in [5.74, 6) is -1.80. The Morgan fingerprint density at radius 1 is 1.03 bits per heavy atom. The molecule has 35 heavy (non-hydrogen) atoms. The number of likely N-dealkylation sites (tertiary alicyclic amines) is 1. The van der Waals surface area contributed by atoms with Gasteiger partial charge in [0.2, 0.25) is 0 Å². The average Bonchev–Trinajstić information content (AvgIpc) is 3.14. The minimum atomic E-state index is -0.896. The van der Waals surface area contributed by atoms with Crippen molar-refractivity contribution in [1.82, 2.24) is 9.88 Å². The smallest absolute Gasteiger partial charge is 0.338 e. The summed E-state index contributed by atoms with van der Waals surface area (Å²) in [6.45, 7) is 2.07. The lowest BCUT2D eigenvalue weighted by molar-refractivity contribution is -0.140. The van der Waals surface area contributed by atoms with Gasteiger partial charge in [0.25, 0.3) is 11.7 Å². The number of esters is 1. The van der Waals surface area contributed by atoms with Gasteiger partial charge in [-0.05, 0) is 48.9 Å². The molecule has 8 heteroatoms. The van der Waals surface area contributed by atoms with Gasteiger partial charge in [0.15, 0.2) is 0 Å². The Labute approximate surface area is 202 Å². The fourth-order valence-electron chi connectivity index (χ4n) is 3.97. The first-order chi connectivity index (χ1) is 16.9. The molecule has 1 fully saturated rings. The number of amides is 1. The number of methoxy groups -OCH3 is 1. The Kier molecular flexibility index (Phi) is 6.91. The minimum Gasteiger partial charge on any atom is -0.507 e. The van der Waals surface area contributed by atoms with Gasteiger partial charge >= 0.3 is 5.97 Å². The van der Waals surface area contributed by atoms with Crippen LogP contribution in [0.15, 0.2) is 78.5 Å². The Hall–Kier alpha value is -4.46. The molecular formula is C27H24N2O6. The van der Waals surface area contributed by atoms with Crippen LogP contribution in [0.1, 0.15) is 40.1 Å². The summed E-state index contributed by atoms with van der Waals surface area (Å²) in [6, 6.07) is 17.5. The van der Waals surface area contributed by atoms with E-state index in [-0.39, 0.29) is 24.5 Å².